The minimum absolute atomic E-state index is 0.0861. The van der Waals surface area contributed by atoms with E-state index >= 15 is 0 Å². The van der Waals surface area contributed by atoms with Crippen molar-refractivity contribution in [1.29, 1.82) is 5.26 Å². The van der Waals surface area contributed by atoms with Gasteiger partial charge in [-0.25, -0.2) is 4.79 Å². The van der Waals surface area contributed by atoms with Gasteiger partial charge in [0.05, 0.1) is 16.3 Å². The number of likely N-dealkylation sites (tertiary alicyclic amines) is 1. The molecule has 0 spiro atoms. The van der Waals surface area contributed by atoms with Crippen molar-refractivity contribution < 1.29 is 19.1 Å². The highest BCUT2D eigenvalue weighted by Crippen LogP contribution is 2.33. The second-order valence-electron chi connectivity index (χ2n) is 8.26. The third-order valence-corrected chi connectivity index (χ3v) is 5.01. The van der Waals surface area contributed by atoms with Gasteiger partial charge in [0.1, 0.15) is 23.5 Å². The Kier molecular flexibility index (Phi) is 6.09. The highest BCUT2D eigenvalue weighted by Gasteiger charge is 2.28. The van der Waals surface area contributed by atoms with Crippen LogP contribution in [0.25, 0.3) is 10.9 Å². The monoisotopic (exact) mass is 429 g/mol. The lowest BCUT2D eigenvalue weighted by molar-refractivity contribution is 0.0126. The molecule has 0 unspecified atom stereocenters. The molecule has 2 heterocycles. The Morgan fingerprint density at radius 3 is 2.53 bits per heavy atom. The number of fused-ring (bicyclic) bond motifs is 1. The van der Waals surface area contributed by atoms with Crippen molar-refractivity contribution in [3.63, 3.8) is 0 Å². The molecular formula is C22H24ClN3O4. The largest absolute Gasteiger partial charge is 0.489 e. The molecule has 1 fully saturated rings. The number of ether oxygens (including phenoxy) is 2. The number of halogens is 1. The molecule has 1 amide bonds. The summed E-state index contributed by atoms with van der Waals surface area (Å²) in [4.78, 5) is 29.0. The van der Waals surface area contributed by atoms with Crippen LogP contribution in [0.15, 0.2) is 30.4 Å². The van der Waals surface area contributed by atoms with Crippen molar-refractivity contribution >= 4 is 34.4 Å². The molecule has 1 N–H and O–H groups in total. The number of hydrogen-bond acceptors (Lipinski definition) is 5. The van der Waals surface area contributed by atoms with Crippen LogP contribution < -0.4 is 4.74 Å². The van der Waals surface area contributed by atoms with Gasteiger partial charge in [-0.05, 0) is 39.0 Å². The smallest absolute Gasteiger partial charge is 0.410 e. The summed E-state index contributed by atoms with van der Waals surface area (Å²) in [7, 11) is 0. The quantitative estimate of drug-likeness (QED) is 0.425. The fraction of sp³-hybridized carbons (Fsp3) is 0.409. The molecule has 1 aromatic heterocycles. The predicted octanol–water partition coefficient (Wildman–Crippen LogP) is 4.86. The number of hydrogen-bond donors (Lipinski definition) is 1. The van der Waals surface area contributed by atoms with E-state index in [-0.39, 0.29) is 23.5 Å². The molecule has 2 aromatic rings. The zero-order valence-corrected chi connectivity index (χ0v) is 18.0. The first-order valence-electron chi connectivity index (χ1n) is 9.68. The van der Waals surface area contributed by atoms with E-state index in [1.54, 1.807) is 29.2 Å². The molecule has 30 heavy (non-hydrogen) atoms. The second-order valence-corrected chi connectivity index (χ2v) is 8.66. The number of benzene rings is 1. The number of nitrogens with zero attached hydrogens (tertiary/aromatic N) is 2. The molecule has 0 aliphatic carbocycles. The lowest BCUT2D eigenvalue weighted by atomic mass is 10.1. The second kappa shape index (κ2) is 8.41. The van der Waals surface area contributed by atoms with Gasteiger partial charge in [0.2, 0.25) is 5.78 Å². The number of Topliss-reactive ketones (excluding diaryl/α,β-unsaturated/α-hetero) is 1. The van der Waals surface area contributed by atoms with Gasteiger partial charge in [-0.3, -0.25) is 4.79 Å². The zero-order valence-electron chi connectivity index (χ0n) is 17.3. The van der Waals surface area contributed by atoms with Gasteiger partial charge in [0, 0.05) is 36.8 Å². The van der Waals surface area contributed by atoms with Crippen LogP contribution in [0.1, 0.15) is 44.1 Å². The van der Waals surface area contributed by atoms with Crippen LogP contribution in [0.3, 0.4) is 0 Å². The third kappa shape index (κ3) is 4.95. The van der Waals surface area contributed by atoms with Crippen molar-refractivity contribution in [2.45, 2.75) is 45.3 Å². The number of piperidine rings is 1. The third-order valence-electron chi connectivity index (χ3n) is 4.71. The number of amides is 1. The highest BCUT2D eigenvalue weighted by molar-refractivity contribution is 6.32. The minimum Gasteiger partial charge on any atom is -0.489 e. The molecule has 158 valence electrons. The molecule has 1 aliphatic rings. The molecule has 0 bridgehead atoms. The number of allylic oxidation sites excluding steroid dienone is 1. The van der Waals surface area contributed by atoms with Gasteiger partial charge in [-0.15, -0.1) is 0 Å². The van der Waals surface area contributed by atoms with Crippen LogP contribution in [0.2, 0.25) is 5.02 Å². The maximum atomic E-state index is 12.2. The number of carbonyl (C=O) groups excluding carboxylic acids is 2. The Morgan fingerprint density at radius 1 is 1.27 bits per heavy atom. The molecule has 8 heteroatoms. The number of carbonyl (C=O) groups is 2. The summed E-state index contributed by atoms with van der Waals surface area (Å²) in [5.41, 5.74) is 0.279. The molecule has 1 saturated heterocycles. The van der Waals surface area contributed by atoms with Crippen LogP contribution in [0, 0.1) is 11.3 Å². The SMILES string of the molecule is C=C(C#N)C(=O)c1cc2cc(OC3CCN(C(=O)OC(C)(C)C)CC3)c(Cl)cc2[nH]1. The maximum Gasteiger partial charge on any atom is 0.410 e. The van der Waals surface area contributed by atoms with Crippen LogP contribution in [-0.2, 0) is 4.74 Å². The average molecular weight is 430 g/mol. The first kappa shape index (κ1) is 21.7. The van der Waals surface area contributed by atoms with Crippen molar-refractivity contribution in [3.8, 4) is 11.8 Å². The molecule has 3 rings (SSSR count). The van der Waals surface area contributed by atoms with E-state index in [1.165, 1.54) is 0 Å². The fourth-order valence-corrected chi connectivity index (χ4v) is 3.43. The molecule has 0 radical (unpaired) electrons. The average Bonchev–Trinajstić information content (AvgIpc) is 3.08. The van der Waals surface area contributed by atoms with Crippen LogP contribution >= 0.6 is 11.6 Å². The zero-order chi connectivity index (χ0) is 22.1. The Hall–Kier alpha value is -2.98. The molecule has 1 aromatic carbocycles. The maximum absolute atomic E-state index is 12.2. The summed E-state index contributed by atoms with van der Waals surface area (Å²) in [6.07, 6.45) is 0.916. The van der Waals surface area contributed by atoms with E-state index in [0.717, 1.165) is 5.39 Å². The Balaban J connectivity index is 1.67. The van der Waals surface area contributed by atoms with Gasteiger partial charge in [0.15, 0.2) is 0 Å². The van der Waals surface area contributed by atoms with Crippen LogP contribution in [0.4, 0.5) is 4.79 Å². The number of H-pyrrole nitrogens is 1. The van der Waals surface area contributed by atoms with Crippen molar-refractivity contribution in [2.75, 3.05) is 13.1 Å². The predicted molar refractivity (Wildman–Crippen MR) is 114 cm³/mol. The van der Waals surface area contributed by atoms with E-state index < -0.39 is 11.4 Å². The Morgan fingerprint density at radius 2 is 1.93 bits per heavy atom. The summed E-state index contributed by atoms with van der Waals surface area (Å²) in [6, 6.07) is 6.86. The van der Waals surface area contributed by atoms with E-state index in [0.29, 0.717) is 42.2 Å². The van der Waals surface area contributed by atoms with Crippen molar-refractivity contribution in [3.05, 3.63) is 41.1 Å². The topological polar surface area (TPSA) is 95.4 Å². The number of aromatic nitrogens is 1. The number of rotatable bonds is 4. The lowest BCUT2D eigenvalue weighted by Crippen LogP contribution is -2.44. The molecular weight excluding hydrogens is 406 g/mol. The Labute approximate surface area is 180 Å². The summed E-state index contributed by atoms with van der Waals surface area (Å²) < 4.78 is 11.5. The van der Waals surface area contributed by atoms with E-state index in [9.17, 15) is 9.59 Å². The van der Waals surface area contributed by atoms with Gasteiger partial charge in [0.25, 0.3) is 0 Å². The van der Waals surface area contributed by atoms with Gasteiger partial charge in [-0.1, -0.05) is 18.2 Å². The normalized spacial score (nSPS) is 15.0. The van der Waals surface area contributed by atoms with E-state index in [4.69, 9.17) is 26.3 Å². The van der Waals surface area contributed by atoms with Crippen molar-refractivity contribution in [2.24, 2.45) is 0 Å². The van der Waals surface area contributed by atoms with E-state index in [2.05, 4.69) is 11.6 Å². The fourth-order valence-electron chi connectivity index (χ4n) is 3.22. The molecule has 0 saturated carbocycles. The lowest BCUT2D eigenvalue weighted by Gasteiger charge is -2.33. The Bertz CT molecular complexity index is 1040. The summed E-state index contributed by atoms with van der Waals surface area (Å²) in [6.45, 7) is 10.1. The number of nitriles is 1. The number of aromatic amines is 1. The summed E-state index contributed by atoms with van der Waals surface area (Å²) in [5.74, 6) is 0.0544. The molecule has 0 atom stereocenters. The first-order valence-corrected chi connectivity index (χ1v) is 10.1. The van der Waals surface area contributed by atoms with Gasteiger partial charge < -0.3 is 19.4 Å². The first-order chi connectivity index (χ1) is 14.1. The summed E-state index contributed by atoms with van der Waals surface area (Å²) >= 11 is 6.37. The van der Waals surface area contributed by atoms with Gasteiger partial charge >= 0.3 is 6.09 Å². The van der Waals surface area contributed by atoms with Gasteiger partial charge in [-0.2, -0.15) is 5.26 Å². The number of nitrogens with one attached hydrogen (secondary N) is 1. The van der Waals surface area contributed by atoms with E-state index in [1.807, 2.05) is 20.8 Å². The molecule has 1 aliphatic heterocycles. The minimum atomic E-state index is -0.524. The highest BCUT2D eigenvalue weighted by atomic mass is 35.5. The summed E-state index contributed by atoms with van der Waals surface area (Å²) in [5, 5.41) is 10.0. The van der Waals surface area contributed by atoms with Crippen molar-refractivity contribution in [1.82, 2.24) is 9.88 Å². The standard InChI is InChI=1S/C22H24ClN3O4/c1-13(12-24)20(27)18-9-14-10-19(16(23)11-17(14)25-18)29-15-5-7-26(8-6-15)21(28)30-22(2,3)4/h9-11,15,25H,1,5-8H2,2-4H3. The van der Waals surface area contributed by atoms with Crippen LogP contribution in [-0.4, -0.2) is 46.6 Å². The molecule has 7 nitrogen and oxygen atoms in total. The van der Waals surface area contributed by atoms with Crippen LogP contribution in [0.5, 0.6) is 5.75 Å². The number of ketones is 1.